The third-order valence-corrected chi connectivity index (χ3v) is 4.21. The van der Waals surface area contributed by atoms with Crippen LogP contribution in [0.4, 0.5) is 0 Å². The monoisotopic (exact) mass is 291 g/mol. The SMILES string of the molecule is C[C@@H](c1ccccc1Cl)N(C)Cc1nnnn1C1CC1. The molecule has 0 unspecified atom stereocenters. The third kappa shape index (κ3) is 2.69. The van der Waals surface area contributed by atoms with Gasteiger partial charge in [-0.05, 0) is 48.9 Å². The number of nitrogens with zero attached hydrogens (tertiary/aromatic N) is 5. The molecule has 1 heterocycles. The lowest BCUT2D eigenvalue weighted by atomic mass is 10.1. The highest BCUT2D eigenvalue weighted by atomic mass is 35.5. The maximum atomic E-state index is 6.26. The normalized spacial score (nSPS) is 16.6. The molecule has 0 spiro atoms. The molecule has 5 nitrogen and oxygen atoms in total. The number of benzene rings is 1. The first-order valence-corrected chi connectivity index (χ1v) is 7.26. The van der Waals surface area contributed by atoms with Crippen LogP contribution in [-0.2, 0) is 6.54 Å². The topological polar surface area (TPSA) is 46.8 Å². The lowest BCUT2D eigenvalue weighted by Gasteiger charge is -2.25. The Morgan fingerprint density at radius 1 is 1.40 bits per heavy atom. The van der Waals surface area contributed by atoms with Gasteiger partial charge in [0.15, 0.2) is 5.82 Å². The van der Waals surface area contributed by atoms with Gasteiger partial charge in [0.2, 0.25) is 0 Å². The Labute approximate surface area is 123 Å². The van der Waals surface area contributed by atoms with E-state index in [0.29, 0.717) is 6.04 Å². The Morgan fingerprint density at radius 3 is 2.85 bits per heavy atom. The van der Waals surface area contributed by atoms with Gasteiger partial charge in [-0.2, -0.15) is 0 Å². The van der Waals surface area contributed by atoms with Crippen LogP contribution in [0.5, 0.6) is 0 Å². The fourth-order valence-corrected chi connectivity index (χ4v) is 2.62. The lowest BCUT2D eigenvalue weighted by Crippen LogP contribution is -2.24. The van der Waals surface area contributed by atoms with Crippen molar-refractivity contribution in [2.45, 2.75) is 38.4 Å². The minimum atomic E-state index is 0.216. The van der Waals surface area contributed by atoms with Gasteiger partial charge < -0.3 is 0 Å². The minimum absolute atomic E-state index is 0.216. The molecule has 0 aliphatic heterocycles. The van der Waals surface area contributed by atoms with Crippen molar-refractivity contribution in [3.63, 3.8) is 0 Å². The molecule has 1 fully saturated rings. The smallest absolute Gasteiger partial charge is 0.165 e. The Kier molecular flexibility index (Phi) is 3.72. The predicted molar refractivity (Wildman–Crippen MR) is 77.4 cm³/mol. The summed E-state index contributed by atoms with van der Waals surface area (Å²) in [6, 6.07) is 8.67. The first kappa shape index (κ1) is 13.5. The summed E-state index contributed by atoms with van der Waals surface area (Å²) < 4.78 is 1.95. The van der Waals surface area contributed by atoms with Crippen molar-refractivity contribution in [1.29, 1.82) is 0 Å². The van der Waals surface area contributed by atoms with Crippen LogP contribution in [0.25, 0.3) is 0 Å². The van der Waals surface area contributed by atoms with Crippen LogP contribution in [0.2, 0.25) is 5.02 Å². The van der Waals surface area contributed by atoms with Crippen LogP contribution in [0.15, 0.2) is 24.3 Å². The van der Waals surface area contributed by atoms with Gasteiger partial charge in [-0.3, -0.25) is 4.90 Å². The summed E-state index contributed by atoms with van der Waals surface area (Å²) in [6.07, 6.45) is 2.36. The second kappa shape index (κ2) is 5.50. The summed E-state index contributed by atoms with van der Waals surface area (Å²) >= 11 is 6.26. The first-order valence-electron chi connectivity index (χ1n) is 6.88. The molecule has 1 saturated carbocycles. The molecule has 0 amide bonds. The van der Waals surface area contributed by atoms with E-state index in [1.165, 1.54) is 12.8 Å². The van der Waals surface area contributed by atoms with E-state index in [2.05, 4.69) is 40.5 Å². The van der Waals surface area contributed by atoms with E-state index in [4.69, 9.17) is 11.6 Å². The van der Waals surface area contributed by atoms with Crippen molar-refractivity contribution >= 4 is 11.6 Å². The minimum Gasteiger partial charge on any atom is -0.292 e. The van der Waals surface area contributed by atoms with E-state index in [0.717, 1.165) is 23.0 Å². The summed E-state index contributed by atoms with van der Waals surface area (Å²) in [6.45, 7) is 2.86. The zero-order valence-electron chi connectivity index (χ0n) is 11.7. The van der Waals surface area contributed by atoms with Gasteiger partial charge in [0.1, 0.15) is 0 Å². The van der Waals surface area contributed by atoms with Crippen LogP contribution in [0, 0.1) is 0 Å². The molecule has 0 saturated heterocycles. The van der Waals surface area contributed by atoms with E-state index >= 15 is 0 Å². The zero-order valence-corrected chi connectivity index (χ0v) is 12.5. The van der Waals surface area contributed by atoms with Gasteiger partial charge in [-0.1, -0.05) is 29.8 Å². The number of hydrogen-bond donors (Lipinski definition) is 0. The van der Waals surface area contributed by atoms with Gasteiger partial charge in [0, 0.05) is 11.1 Å². The fraction of sp³-hybridized carbons (Fsp3) is 0.500. The summed E-state index contributed by atoms with van der Waals surface area (Å²) in [4.78, 5) is 2.21. The van der Waals surface area contributed by atoms with E-state index in [-0.39, 0.29) is 6.04 Å². The summed E-state index contributed by atoms with van der Waals surface area (Å²) in [7, 11) is 2.07. The third-order valence-electron chi connectivity index (χ3n) is 3.86. The quantitative estimate of drug-likeness (QED) is 0.850. The maximum absolute atomic E-state index is 6.26. The molecule has 0 N–H and O–H groups in total. The largest absolute Gasteiger partial charge is 0.292 e. The van der Waals surface area contributed by atoms with Crippen molar-refractivity contribution < 1.29 is 0 Å². The average molecular weight is 292 g/mol. The molecule has 2 aromatic rings. The van der Waals surface area contributed by atoms with Crippen LogP contribution >= 0.6 is 11.6 Å². The van der Waals surface area contributed by atoms with Gasteiger partial charge in [-0.15, -0.1) is 5.10 Å². The van der Waals surface area contributed by atoms with Gasteiger partial charge >= 0.3 is 0 Å². The van der Waals surface area contributed by atoms with Crippen LogP contribution in [0.3, 0.4) is 0 Å². The Bertz CT molecular complexity index is 593. The summed E-state index contributed by atoms with van der Waals surface area (Å²) in [5, 5.41) is 12.8. The summed E-state index contributed by atoms with van der Waals surface area (Å²) in [5.74, 6) is 0.925. The van der Waals surface area contributed by atoms with Gasteiger partial charge in [0.25, 0.3) is 0 Å². The number of aromatic nitrogens is 4. The van der Waals surface area contributed by atoms with Crippen molar-refractivity contribution in [2.24, 2.45) is 0 Å². The van der Waals surface area contributed by atoms with Crippen LogP contribution in [-0.4, -0.2) is 32.2 Å². The predicted octanol–water partition coefficient (Wildman–Crippen LogP) is 2.85. The second-order valence-electron chi connectivity index (χ2n) is 5.38. The number of halogens is 1. The number of rotatable bonds is 5. The highest BCUT2D eigenvalue weighted by Crippen LogP contribution is 2.35. The molecule has 106 valence electrons. The van der Waals surface area contributed by atoms with Crippen LogP contribution in [0.1, 0.15) is 43.2 Å². The van der Waals surface area contributed by atoms with E-state index in [1.807, 2.05) is 22.9 Å². The van der Waals surface area contributed by atoms with Crippen LogP contribution < -0.4 is 0 Å². The second-order valence-corrected chi connectivity index (χ2v) is 5.79. The molecule has 1 aliphatic rings. The van der Waals surface area contributed by atoms with E-state index < -0.39 is 0 Å². The highest BCUT2D eigenvalue weighted by molar-refractivity contribution is 6.31. The standard InChI is InChI=1S/C14H18ClN5/c1-10(12-5-3-4-6-13(12)15)19(2)9-14-16-17-18-20(14)11-7-8-11/h3-6,10-11H,7-9H2,1-2H3/t10-/m0/s1. The van der Waals surface area contributed by atoms with Crippen molar-refractivity contribution in [3.05, 3.63) is 40.7 Å². The Hall–Kier alpha value is -1.46. The summed E-state index contributed by atoms with van der Waals surface area (Å²) in [5.41, 5.74) is 1.13. The Morgan fingerprint density at radius 2 is 2.15 bits per heavy atom. The molecule has 1 aliphatic carbocycles. The fourth-order valence-electron chi connectivity index (χ4n) is 2.33. The lowest BCUT2D eigenvalue weighted by molar-refractivity contribution is 0.242. The molecule has 1 aromatic carbocycles. The molecule has 20 heavy (non-hydrogen) atoms. The van der Waals surface area contributed by atoms with Crippen molar-refractivity contribution in [3.8, 4) is 0 Å². The van der Waals surface area contributed by atoms with Crippen molar-refractivity contribution in [1.82, 2.24) is 25.1 Å². The molecule has 0 bridgehead atoms. The first-order chi connectivity index (χ1) is 9.66. The zero-order chi connectivity index (χ0) is 14.1. The van der Waals surface area contributed by atoms with E-state index in [9.17, 15) is 0 Å². The van der Waals surface area contributed by atoms with Crippen molar-refractivity contribution in [2.75, 3.05) is 7.05 Å². The molecule has 1 aromatic heterocycles. The highest BCUT2D eigenvalue weighted by Gasteiger charge is 2.28. The number of tetrazole rings is 1. The molecular weight excluding hydrogens is 274 g/mol. The number of hydrogen-bond acceptors (Lipinski definition) is 4. The average Bonchev–Trinajstić information content (AvgIpc) is 3.19. The van der Waals surface area contributed by atoms with Gasteiger partial charge in [-0.25, -0.2) is 4.68 Å². The molecule has 6 heteroatoms. The van der Waals surface area contributed by atoms with E-state index in [1.54, 1.807) is 0 Å². The molecule has 1 atom stereocenters. The Balaban J connectivity index is 1.74. The molecule has 3 rings (SSSR count). The van der Waals surface area contributed by atoms with Gasteiger partial charge in [0.05, 0.1) is 12.6 Å². The molecular formula is C14H18ClN5. The molecule has 0 radical (unpaired) electrons. The maximum Gasteiger partial charge on any atom is 0.165 e.